The van der Waals surface area contributed by atoms with Gasteiger partial charge in [-0.05, 0) is 24.6 Å². The molecule has 1 atom stereocenters. The molecule has 0 aliphatic rings. The highest BCUT2D eigenvalue weighted by Crippen LogP contribution is 2.36. The van der Waals surface area contributed by atoms with Gasteiger partial charge in [0.05, 0.1) is 16.4 Å². The van der Waals surface area contributed by atoms with Crippen LogP contribution in [0, 0.1) is 0 Å². The third kappa shape index (κ3) is 3.46. The lowest BCUT2D eigenvalue weighted by atomic mass is 9.99. The molecular weight excluding hydrogens is 285 g/mol. The first-order chi connectivity index (χ1) is 8.44. The molecule has 0 aromatic heterocycles. The van der Waals surface area contributed by atoms with Crippen LogP contribution in [0.1, 0.15) is 24.0 Å². The molecule has 0 amide bonds. The molecule has 1 aromatic carbocycles. The molecule has 1 rings (SSSR count). The predicted molar refractivity (Wildman–Crippen MR) is 60.6 cm³/mol. The van der Waals surface area contributed by atoms with E-state index in [1.54, 1.807) is 0 Å². The van der Waals surface area contributed by atoms with Gasteiger partial charge < -0.3 is 5.11 Å². The Hall–Kier alpha value is -1.57. The summed E-state index contributed by atoms with van der Waals surface area (Å²) >= 11 is 0. The second-order valence-corrected chi connectivity index (χ2v) is 6.07. The van der Waals surface area contributed by atoms with Crippen molar-refractivity contribution in [3.8, 4) is 0 Å². The molecule has 0 bridgehead atoms. The third-order valence-corrected chi connectivity index (χ3v) is 3.73. The fourth-order valence-corrected chi connectivity index (χ4v) is 2.39. The molecule has 1 N–H and O–H groups in total. The van der Waals surface area contributed by atoms with Gasteiger partial charge >= 0.3 is 12.1 Å². The van der Waals surface area contributed by atoms with E-state index in [1.807, 2.05) is 0 Å². The number of aliphatic carboxylic acids is 1. The van der Waals surface area contributed by atoms with E-state index in [-0.39, 0.29) is 5.56 Å². The zero-order valence-corrected chi connectivity index (χ0v) is 10.8. The van der Waals surface area contributed by atoms with Crippen LogP contribution in [0.2, 0.25) is 0 Å². The minimum atomic E-state index is -4.87. The van der Waals surface area contributed by atoms with Crippen LogP contribution in [0.3, 0.4) is 0 Å². The average Bonchev–Trinajstić information content (AvgIpc) is 2.24. The number of halogens is 3. The first kappa shape index (κ1) is 15.5. The molecule has 1 aromatic rings. The number of carboxylic acids is 1. The molecule has 1 unspecified atom stereocenters. The first-order valence-electron chi connectivity index (χ1n) is 5.08. The van der Waals surface area contributed by atoms with Gasteiger partial charge in [0.1, 0.15) is 0 Å². The van der Waals surface area contributed by atoms with Gasteiger partial charge in [-0.1, -0.05) is 6.07 Å². The Kier molecular flexibility index (Phi) is 3.94. The molecule has 0 heterocycles. The molecule has 0 fully saturated rings. The molecule has 0 aliphatic heterocycles. The number of sulfone groups is 1. The van der Waals surface area contributed by atoms with Crippen LogP contribution >= 0.6 is 0 Å². The van der Waals surface area contributed by atoms with E-state index in [4.69, 9.17) is 5.11 Å². The van der Waals surface area contributed by atoms with Gasteiger partial charge in [0.2, 0.25) is 0 Å². The summed E-state index contributed by atoms with van der Waals surface area (Å²) in [4.78, 5) is 9.88. The molecule has 0 saturated heterocycles. The Morgan fingerprint density at radius 2 is 1.84 bits per heavy atom. The van der Waals surface area contributed by atoms with E-state index in [2.05, 4.69) is 0 Å². The lowest BCUT2D eigenvalue weighted by Crippen LogP contribution is -2.15. The van der Waals surface area contributed by atoms with E-state index in [9.17, 15) is 26.4 Å². The van der Waals surface area contributed by atoms with Gasteiger partial charge in [-0.15, -0.1) is 0 Å². The molecule has 0 spiro atoms. The van der Waals surface area contributed by atoms with Crippen LogP contribution in [0.4, 0.5) is 13.2 Å². The lowest BCUT2D eigenvalue weighted by Gasteiger charge is -2.15. The summed E-state index contributed by atoms with van der Waals surface area (Å²) in [5.41, 5.74) is -1.45. The van der Waals surface area contributed by atoms with E-state index in [0.29, 0.717) is 12.3 Å². The normalized spacial score (nSPS) is 14.2. The van der Waals surface area contributed by atoms with Crippen LogP contribution < -0.4 is 0 Å². The topological polar surface area (TPSA) is 71.4 Å². The van der Waals surface area contributed by atoms with Crippen molar-refractivity contribution in [3.05, 3.63) is 29.3 Å². The largest absolute Gasteiger partial charge is 0.481 e. The Morgan fingerprint density at radius 1 is 1.32 bits per heavy atom. The quantitative estimate of drug-likeness (QED) is 0.929. The summed E-state index contributed by atoms with van der Waals surface area (Å²) in [6, 6.07) is 2.42. The van der Waals surface area contributed by atoms with Crippen LogP contribution in [0.25, 0.3) is 0 Å². The number of alkyl halides is 3. The Labute approximate surface area is 107 Å². The van der Waals surface area contributed by atoms with E-state index in [1.165, 1.54) is 6.92 Å². The van der Waals surface area contributed by atoms with Gasteiger partial charge in [0, 0.05) is 6.26 Å². The van der Waals surface area contributed by atoms with Gasteiger partial charge in [-0.2, -0.15) is 13.2 Å². The summed E-state index contributed by atoms with van der Waals surface area (Å²) in [5.74, 6) is -2.45. The summed E-state index contributed by atoms with van der Waals surface area (Å²) in [6.45, 7) is 1.22. The smallest absolute Gasteiger partial charge is 0.417 e. The molecule has 0 radical (unpaired) electrons. The number of carboxylic acid groups (broad SMARTS) is 1. The molecule has 4 nitrogen and oxygen atoms in total. The number of benzene rings is 1. The third-order valence-electron chi connectivity index (χ3n) is 2.58. The molecule has 19 heavy (non-hydrogen) atoms. The minimum absolute atomic E-state index is 0.104. The fraction of sp³-hybridized carbons (Fsp3) is 0.364. The van der Waals surface area contributed by atoms with Crippen molar-refractivity contribution >= 4 is 15.8 Å². The Balaban J connectivity index is 3.54. The highest BCUT2D eigenvalue weighted by atomic mass is 32.2. The van der Waals surface area contributed by atoms with Gasteiger partial charge in [-0.3, -0.25) is 4.79 Å². The zero-order chi connectivity index (χ0) is 15.0. The van der Waals surface area contributed by atoms with Crippen LogP contribution in [0.15, 0.2) is 23.1 Å². The number of carbonyl (C=O) groups is 1. The van der Waals surface area contributed by atoms with Crippen LogP contribution in [0.5, 0.6) is 0 Å². The van der Waals surface area contributed by atoms with Gasteiger partial charge in [0.25, 0.3) is 0 Å². The number of rotatable bonds is 3. The van der Waals surface area contributed by atoms with E-state index in [0.717, 1.165) is 12.1 Å². The first-order valence-corrected chi connectivity index (χ1v) is 6.97. The van der Waals surface area contributed by atoms with Crippen molar-refractivity contribution in [2.24, 2.45) is 0 Å². The SMILES string of the molecule is CC(C(=O)O)c1ccc(S(C)(=O)=O)c(C(F)(F)F)c1. The molecule has 8 heteroatoms. The van der Waals surface area contributed by atoms with Crippen molar-refractivity contribution in [1.29, 1.82) is 0 Å². The molecular formula is C11H11F3O4S. The summed E-state index contributed by atoms with van der Waals surface area (Å²) in [6.07, 6.45) is -4.20. The number of hydrogen-bond acceptors (Lipinski definition) is 3. The molecule has 0 aliphatic carbocycles. The monoisotopic (exact) mass is 296 g/mol. The maximum atomic E-state index is 12.8. The summed E-state index contributed by atoms with van der Waals surface area (Å²) in [5, 5.41) is 8.76. The minimum Gasteiger partial charge on any atom is -0.481 e. The summed E-state index contributed by atoms with van der Waals surface area (Å²) < 4.78 is 61.0. The number of hydrogen-bond donors (Lipinski definition) is 1. The standard InChI is InChI=1S/C11H11F3O4S/c1-6(10(15)16)7-3-4-9(19(2,17)18)8(5-7)11(12,13)14/h3-6H,1-2H3,(H,15,16). The van der Waals surface area contributed by atoms with E-state index < -0.39 is 38.4 Å². The predicted octanol–water partition coefficient (Wildman–Crippen LogP) is 2.30. The van der Waals surface area contributed by atoms with Gasteiger partial charge in [0.15, 0.2) is 9.84 Å². The van der Waals surface area contributed by atoms with Gasteiger partial charge in [-0.25, -0.2) is 8.42 Å². The zero-order valence-electron chi connectivity index (χ0n) is 10.0. The van der Waals surface area contributed by atoms with Crippen molar-refractivity contribution in [2.75, 3.05) is 6.26 Å². The van der Waals surface area contributed by atoms with Crippen LogP contribution in [-0.2, 0) is 20.8 Å². The molecule has 0 saturated carbocycles. The highest BCUT2D eigenvalue weighted by molar-refractivity contribution is 7.90. The van der Waals surface area contributed by atoms with Crippen molar-refractivity contribution in [2.45, 2.75) is 23.9 Å². The van der Waals surface area contributed by atoms with Crippen molar-refractivity contribution in [3.63, 3.8) is 0 Å². The second kappa shape index (κ2) is 4.84. The Bertz CT molecular complexity index is 605. The fourth-order valence-electron chi connectivity index (χ4n) is 1.50. The lowest BCUT2D eigenvalue weighted by molar-refractivity contribution is -0.141. The van der Waals surface area contributed by atoms with Crippen molar-refractivity contribution < 1.29 is 31.5 Å². The van der Waals surface area contributed by atoms with Crippen LogP contribution in [-0.4, -0.2) is 25.7 Å². The summed E-state index contributed by atoms with van der Waals surface area (Å²) in [7, 11) is -4.05. The maximum absolute atomic E-state index is 12.8. The van der Waals surface area contributed by atoms with E-state index >= 15 is 0 Å². The van der Waals surface area contributed by atoms with Crippen molar-refractivity contribution in [1.82, 2.24) is 0 Å². The average molecular weight is 296 g/mol. The highest BCUT2D eigenvalue weighted by Gasteiger charge is 2.36. The second-order valence-electron chi connectivity index (χ2n) is 4.09. The Morgan fingerprint density at radius 3 is 2.21 bits per heavy atom. The maximum Gasteiger partial charge on any atom is 0.417 e. The molecule has 106 valence electrons.